The van der Waals surface area contributed by atoms with Crippen molar-refractivity contribution >= 4 is 39.2 Å². The number of thiazole rings is 1. The van der Waals surface area contributed by atoms with E-state index in [9.17, 15) is 9.59 Å². The molecule has 2 aromatic heterocycles. The van der Waals surface area contributed by atoms with Crippen molar-refractivity contribution in [1.82, 2.24) is 14.5 Å². The number of carbonyl (C=O) groups is 1. The van der Waals surface area contributed by atoms with Gasteiger partial charge in [-0.05, 0) is 51.1 Å². The SMILES string of the molecule is COc1c(OC2CN(C(=O)OC(C)(C)C)C2)cccc1-n1ccc2nc(-c3ccc(Cl)cc3)sc2c1=O. The number of likely N-dealkylation sites (tertiary alicyclic amines) is 1. The van der Waals surface area contributed by atoms with Crippen LogP contribution in [-0.2, 0) is 4.74 Å². The lowest BCUT2D eigenvalue weighted by atomic mass is 10.1. The predicted octanol–water partition coefficient (Wildman–Crippen LogP) is 5.77. The molecule has 0 saturated carbocycles. The summed E-state index contributed by atoms with van der Waals surface area (Å²) in [5.41, 5.74) is 1.31. The molecule has 0 bridgehead atoms. The first-order chi connectivity index (χ1) is 17.6. The molecule has 2 aromatic carbocycles. The molecule has 0 atom stereocenters. The Morgan fingerprint density at radius 1 is 1.11 bits per heavy atom. The largest absolute Gasteiger partial charge is 0.491 e. The van der Waals surface area contributed by atoms with E-state index in [1.54, 1.807) is 41.4 Å². The van der Waals surface area contributed by atoms with Crippen LogP contribution in [0.2, 0.25) is 5.02 Å². The molecule has 0 spiro atoms. The molecule has 8 nitrogen and oxygen atoms in total. The number of aromatic nitrogens is 2. The normalized spacial score (nSPS) is 13.9. The van der Waals surface area contributed by atoms with E-state index >= 15 is 0 Å². The van der Waals surface area contributed by atoms with E-state index < -0.39 is 5.60 Å². The highest BCUT2D eigenvalue weighted by atomic mass is 35.5. The summed E-state index contributed by atoms with van der Waals surface area (Å²) in [7, 11) is 1.54. The highest BCUT2D eigenvalue weighted by Crippen LogP contribution is 2.36. The number of rotatable bonds is 5. The Kier molecular flexibility index (Phi) is 6.59. The van der Waals surface area contributed by atoms with Crippen molar-refractivity contribution in [2.45, 2.75) is 32.5 Å². The van der Waals surface area contributed by atoms with Gasteiger partial charge in [-0.15, -0.1) is 11.3 Å². The van der Waals surface area contributed by atoms with Crippen LogP contribution in [0.15, 0.2) is 59.5 Å². The number of pyridine rings is 1. The molecule has 1 fully saturated rings. The summed E-state index contributed by atoms with van der Waals surface area (Å²) in [6, 6.07) is 14.6. The highest BCUT2D eigenvalue weighted by molar-refractivity contribution is 7.21. The fourth-order valence-corrected chi connectivity index (χ4v) is 5.11. The quantitative estimate of drug-likeness (QED) is 0.320. The van der Waals surface area contributed by atoms with Crippen LogP contribution >= 0.6 is 22.9 Å². The molecule has 37 heavy (non-hydrogen) atoms. The average molecular weight is 540 g/mol. The van der Waals surface area contributed by atoms with Crippen molar-refractivity contribution < 1.29 is 19.0 Å². The number of hydrogen-bond acceptors (Lipinski definition) is 7. The number of ether oxygens (including phenoxy) is 3. The molecule has 192 valence electrons. The molecular weight excluding hydrogens is 514 g/mol. The first kappa shape index (κ1) is 25.1. The molecule has 1 aliphatic heterocycles. The molecule has 0 N–H and O–H groups in total. The average Bonchev–Trinajstić information content (AvgIpc) is 3.26. The highest BCUT2D eigenvalue weighted by Gasteiger charge is 2.35. The molecule has 1 saturated heterocycles. The van der Waals surface area contributed by atoms with Gasteiger partial charge in [0.2, 0.25) is 0 Å². The van der Waals surface area contributed by atoms with E-state index in [0.717, 1.165) is 10.6 Å². The third-order valence-corrected chi connectivity index (χ3v) is 7.11. The lowest BCUT2D eigenvalue weighted by Gasteiger charge is -2.39. The summed E-state index contributed by atoms with van der Waals surface area (Å²) in [5.74, 6) is 0.925. The van der Waals surface area contributed by atoms with Crippen LogP contribution in [-0.4, -0.2) is 52.4 Å². The summed E-state index contributed by atoms with van der Waals surface area (Å²) >= 11 is 7.34. The number of para-hydroxylation sites is 1. The maximum atomic E-state index is 13.5. The van der Waals surface area contributed by atoms with E-state index in [1.165, 1.54) is 23.0 Å². The maximum absolute atomic E-state index is 13.5. The Hall–Kier alpha value is -3.56. The smallest absolute Gasteiger partial charge is 0.410 e. The first-order valence-electron chi connectivity index (χ1n) is 11.7. The molecule has 0 unspecified atom stereocenters. The molecular formula is C27H26ClN3O5S. The van der Waals surface area contributed by atoms with E-state index in [1.807, 2.05) is 39.0 Å². The molecule has 1 aliphatic rings. The minimum absolute atomic E-state index is 0.203. The van der Waals surface area contributed by atoms with Gasteiger partial charge < -0.3 is 19.1 Å². The second kappa shape index (κ2) is 9.72. The number of halogens is 1. The lowest BCUT2D eigenvalue weighted by molar-refractivity contribution is -0.0226. The van der Waals surface area contributed by atoms with Crippen molar-refractivity contribution in [3.8, 4) is 27.8 Å². The summed E-state index contributed by atoms with van der Waals surface area (Å²) in [6.07, 6.45) is 1.11. The number of amides is 1. The number of benzene rings is 2. The number of methoxy groups -OCH3 is 1. The molecule has 4 aromatic rings. The van der Waals surface area contributed by atoms with Gasteiger partial charge in [-0.2, -0.15) is 0 Å². The van der Waals surface area contributed by atoms with Gasteiger partial charge in [0.05, 0.1) is 31.4 Å². The van der Waals surface area contributed by atoms with Gasteiger partial charge in [0.1, 0.15) is 21.4 Å². The predicted molar refractivity (Wildman–Crippen MR) is 144 cm³/mol. The second-order valence-corrected chi connectivity index (χ2v) is 11.1. The topological polar surface area (TPSA) is 82.9 Å². The Morgan fingerprint density at radius 3 is 2.51 bits per heavy atom. The van der Waals surface area contributed by atoms with Crippen LogP contribution in [0.25, 0.3) is 26.5 Å². The van der Waals surface area contributed by atoms with Crippen LogP contribution in [0.4, 0.5) is 4.79 Å². The fraction of sp³-hybridized carbons (Fsp3) is 0.296. The summed E-state index contributed by atoms with van der Waals surface area (Å²) in [5, 5.41) is 1.38. The molecule has 10 heteroatoms. The standard InChI is InChI=1S/C27H26ClN3O5S/c1-27(2,3)36-26(33)30-14-18(15-30)35-21-7-5-6-20(22(21)34-4)31-13-12-19-23(25(31)32)37-24(29-19)16-8-10-17(28)11-9-16/h5-13,18H,14-15H2,1-4H3. The van der Waals surface area contributed by atoms with Crippen molar-refractivity contribution in [3.63, 3.8) is 0 Å². The van der Waals surface area contributed by atoms with Crippen LogP contribution < -0.4 is 15.0 Å². The molecule has 3 heterocycles. The zero-order valence-electron chi connectivity index (χ0n) is 20.9. The van der Waals surface area contributed by atoms with Crippen LogP contribution in [0.3, 0.4) is 0 Å². The Labute approximate surface area is 223 Å². The van der Waals surface area contributed by atoms with Gasteiger partial charge in [0, 0.05) is 16.8 Å². The fourth-order valence-electron chi connectivity index (χ4n) is 3.99. The third-order valence-electron chi connectivity index (χ3n) is 5.75. The first-order valence-corrected chi connectivity index (χ1v) is 12.9. The summed E-state index contributed by atoms with van der Waals surface area (Å²) < 4.78 is 19.3. The van der Waals surface area contributed by atoms with E-state index in [-0.39, 0.29) is 17.8 Å². The van der Waals surface area contributed by atoms with Gasteiger partial charge in [0.25, 0.3) is 5.56 Å². The molecule has 0 aliphatic carbocycles. The Balaban J connectivity index is 1.40. The minimum Gasteiger partial charge on any atom is -0.491 e. The van der Waals surface area contributed by atoms with Gasteiger partial charge in [-0.25, -0.2) is 9.78 Å². The summed E-state index contributed by atoms with van der Waals surface area (Å²) in [4.78, 5) is 31.9. The van der Waals surface area contributed by atoms with Crippen molar-refractivity contribution in [2.75, 3.05) is 20.2 Å². The third kappa shape index (κ3) is 5.14. The van der Waals surface area contributed by atoms with Gasteiger partial charge in [0.15, 0.2) is 11.5 Å². The second-order valence-electron chi connectivity index (χ2n) is 9.66. The summed E-state index contributed by atoms with van der Waals surface area (Å²) in [6.45, 7) is 6.31. The van der Waals surface area contributed by atoms with E-state index in [2.05, 4.69) is 4.98 Å². The Morgan fingerprint density at radius 2 is 1.84 bits per heavy atom. The lowest BCUT2D eigenvalue weighted by Crippen LogP contribution is -2.57. The number of nitrogens with zero attached hydrogens (tertiary/aromatic N) is 3. The van der Waals surface area contributed by atoms with Crippen molar-refractivity contribution in [1.29, 1.82) is 0 Å². The zero-order chi connectivity index (χ0) is 26.3. The van der Waals surface area contributed by atoms with Crippen LogP contribution in [0.5, 0.6) is 11.5 Å². The molecule has 5 rings (SSSR count). The Bertz CT molecular complexity index is 1520. The minimum atomic E-state index is -0.553. The molecule has 0 radical (unpaired) electrons. The molecule has 1 amide bonds. The van der Waals surface area contributed by atoms with Gasteiger partial charge in [-0.3, -0.25) is 9.36 Å². The number of carbonyl (C=O) groups excluding carboxylic acids is 1. The van der Waals surface area contributed by atoms with Crippen LogP contribution in [0.1, 0.15) is 20.8 Å². The van der Waals surface area contributed by atoms with E-state index in [4.69, 9.17) is 25.8 Å². The number of fused-ring (bicyclic) bond motifs is 1. The van der Waals surface area contributed by atoms with E-state index in [0.29, 0.717) is 45.5 Å². The van der Waals surface area contributed by atoms with Crippen LogP contribution in [0, 0.1) is 0 Å². The van der Waals surface area contributed by atoms with Crippen molar-refractivity contribution in [3.05, 3.63) is 70.1 Å². The monoisotopic (exact) mass is 539 g/mol. The zero-order valence-corrected chi connectivity index (χ0v) is 22.4. The van der Waals surface area contributed by atoms with Gasteiger partial charge in [-0.1, -0.05) is 29.8 Å². The van der Waals surface area contributed by atoms with Gasteiger partial charge >= 0.3 is 6.09 Å². The maximum Gasteiger partial charge on any atom is 0.410 e. The van der Waals surface area contributed by atoms with Crippen molar-refractivity contribution in [2.24, 2.45) is 0 Å². The number of hydrogen-bond donors (Lipinski definition) is 0.